The smallest absolute Gasteiger partial charge is 0.233 e. The van der Waals surface area contributed by atoms with E-state index < -0.39 is 5.82 Å². The summed E-state index contributed by atoms with van der Waals surface area (Å²) in [5.74, 6) is 0.367. The van der Waals surface area contributed by atoms with E-state index in [-0.39, 0.29) is 5.69 Å². The van der Waals surface area contributed by atoms with Crippen molar-refractivity contribution in [2.75, 3.05) is 5.73 Å². The Morgan fingerprint density at radius 2 is 2.12 bits per heavy atom. The minimum Gasteiger partial charge on any atom is -0.436 e. The average molecular weight is 283 g/mol. The Morgan fingerprint density at radius 1 is 1.31 bits per heavy atom. The molecular weight excluding hydrogens is 275 g/mol. The van der Waals surface area contributed by atoms with Gasteiger partial charge in [0.1, 0.15) is 5.82 Å². The van der Waals surface area contributed by atoms with Gasteiger partial charge in [0.25, 0.3) is 0 Å². The summed E-state index contributed by atoms with van der Waals surface area (Å²) in [5, 5.41) is 0. The molecule has 82 valence electrons. The van der Waals surface area contributed by atoms with E-state index in [1.807, 2.05) is 0 Å². The molecule has 0 aliphatic carbocycles. The maximum atomic E-state index is 12.8. The van der Waals surface area contributed by atoms with Crippen LogP contribution in [-0.4, -0.2) is 4.98 Å². The number of hydrogen-bond donors (Lipinski definition) is 1. The number of nitrogens with zero attached hydrogens (tertiary/aromatic N) is 1. The second-order valence-electron chi connectivity index (χ2n) is 3.07. The highest BCUT2D eigenvalue weighted by Gasteiger charge is 2.06. The highest BCUT2D eigenvalue weighted by atomic mass is 79.9. The summed E-state index contributed by atoms with van der Waals surface area (Å²) >= 11 is 3.29. The van der Waals surface area contributed by atoms with Gasteiger partial charge in [0.05, 0.1) is 10.2 Å². The number of anilines is 1. The number of benzene rings is 1. The molecule has 0 atom stereocenters. The molecule has 3 nitrogen and oxygen atoms in total. The number of pyridine rings is 1. The average Bonchev–Trinajstić information content (AvgIpc) is 2.25. The molecule has 0 unspecified atom stereocenters. The van der Waals surface area contributed by atoms with E-state index in [1.54, 1.807) is 18.3 Å². The van der Waals surface area contributed by atoms with Crippen LogP contribution < -0.4 is 10.5 Å². The molecule has 2 N–H and O–H groups in total. The van der Waals surface area contributed by atoms with Gasteiger partial charge in [-0.1, -0.05) is 0 Å². The number of nitrogen functional groups attached to an aromatic ring is 1. The number of aromatic nitrogens is 1. The molecule has 2 aromatic rings. The molecule has 16 heavy (non-hydrogen) atoms. The first-order valence-electron chi connectivity index (χ1n) is 4.50. The quantitative estimate of drug-likeness (QED) is 0.860. The first-order chi connectivity index (χ1) is 7.66. The van der Waals surface area contributed by atoms with Gasteiger partial charge in [-0.15, -0.1) is 0 Å². The van der Waals surface area contributed by atoms with Crippen molar-refractivity contribution >= 4 is 21.6 Å². The largest absolute Gasteiger partial charge is 0.436 e. The van der Waals surface area contributed by atoms with Crippen molar-refractivity contribution in [2.45, 2.75) is 0 Å². The third-order valence-electron chi connectivity index (χ3n) is 1.90. The number of hydrogen-bond acceptors (Lipinski definition) is 3. The normalized spacial score (nSPS) is 10.1. The minimum atomic E-state index is -0.398. The number of rotatable bonds is 2. The SMILES string of the molecule is Nc1cc(F)ccc1Oc1ncccc1Br. The van der Waals surface area contributed by atoms with Crippen LogP contribution in [0.5, 0.6) is 11.6 Å². The Hall–Kier alpha value is -1.62. The summed E-state index contributed by atoms with van der Waals surface area (Å²) in [6.45, 7) is 0. The maximum absolute atomic E-state index is 12.8. The van der Waals surface area contributed by atoms with Crippen molar-refractivity contribution in [3.8, 4) is 11.6 Å². The zero-order valence-electron chi connectivity index (χ0n) is 8.15. The third kappa shape index (κ3) is 2.30. The summed E-state index contributed by atoms with van der Waals surface area (Å²) in [7, 11) is 0. The maximum Gasteiger partial charge on any atom is 0.233 e. The van der Waals surface area contributed by atoms with Crippen molar-refractivity contribution in [2.24, 2.45) is 0 Å². The van der Waals surface area contributed by atoms with Crippen LogP contribution >= 0.6 is 15.9 Å². The molecule has 0 aliphatic heterocycles. The first kappa shape index (κ1) is 10.9. The van der Waals surface area contributed by atoms with Gasteiger partial charge in [-0.25, -0.2) is 9.37 Å². The van der Waals surface area contributed by atoms with Crippen molar-refractivity contribution < 1.29 is 9.13 Å². The summed E-state index contributed by atoms with van der Waals surface area (Å²) in [6.07, 6.45) is 1.60. The van der Waals surface area contributed by atoms with E-state index in [0.29, 0.717) is 16.1 Å². The molecule has 0 bridgehead atoms. The molecule has 0 amide bonds. The zero-order chi connectivity index (χ0) is 11.5. The van der Waals surface area contributed by atoms with Gasteiger partial charge in [-0.3, -0.25) is 0 Å². The van der Waals surface area contributed by atoms with Crippen LogP contribution in [-0.2, 0) is 0 Å². The van der Waals surface area contributed by atoms with E-state index >= 15 is 0 Å². The Kier molecular flexibility index (Phi) is 3.05. The standard InChI is InChI=1S/C11H8BrFN2O/c12-8-2-1-5-15-11(8)16-10-4-3-7(13)6-9(10)14/h1-6H,14H2. The topological polar surface area (TPSA) is 48.1 Å². The lowest BCUT2D eigenvalue weighted by atomic mass is 10.3. The van der Waals surface area contributed by atoms with Gasteiger partial charge in [0.2, 0.25) is 5.88 Å². The molecular formula is C11H8BrFN2O. The third-order valence-corrected chi connectivity index (χ3v) is 2.51. The molecule has 0 aliphatic rings. The molecule has 0 saturated carbocycles. The van der Waals surface area contributed by atoms with Crippen LogP contribution in [0.15, 0.2) is 41.0 Å². The van der Waals surface area contributed by atoms with E-state index in [0.717, 1.165) is 0 Å². The molecule has 2 rings (SSSR count). The number of nitrogens with two attached hydrogens (primary N) is 1. The summed E-state index contributed by atoms with van der Waals surface area (Å²) in [5.41, 5.74) is 5.85. The van der Waals surface area contributed by atoms with Crippen LogP contribution in [0.4, 0.5) is 10.1 Å². The number of halogens is 2. The summed E-state index contributed by atoms with van der Waals surface area (Å²) in [6, 6.07) is 7.51. The van der Waals surface area contributed by atoms with Crippen molar-refractivity contribution in [3.05, 3.63) is 46.8 Å². The molecule has 0 fully saturated rings. The second-order valence-corrected chi connectivity index (χ2v) is 3.93. The van der Waals surface area contributed by atoms with E-state index in [2.05, 4.69) is 20.9 Å². The molecule has 0 saturated heterocycles. The number of ether oxygens (including phenoxy) is 1. The molecule has 1 heterocycles. The predicted octanol–water partition coefficient (Wildman–Crippen LogP) is 3.36. The first-order valence-corrected chi connectivity index (χ1v) is 5.29. The Morgan fingerprint density at radius 3 is 2.81 bits per heavy atom. The highest BCUT2D eigenvalue weighted by Crippen LogP contribution is 2.30. The van der Waals surface area contributed by atoms with Gasteiger partial charge in [0, 0.05) is 12.3 Å². The Balaban J connectivity index is 2.31. The van der Waals surface area contributed by atoms with Crippen molar-refractivity contribution in [1.82, 2.24) is 4.98 Å². The van der Waals surface area contributed by atoms with Crippen LogP contribution in [0.2, 0.25) is 0 Å². The van der Waals surface area contributed by atoms with Crippen LogP contribution in [0.3, 0.4) is 0 Å². The lowest BCUT2D eigenvalue weighted by Crippen LogP contribution is -1.94. The molecule has 1 aromatic carbocycles. The molecule has 5 heteroatoms. The van der Waals surface area contributed by atoms with Crippen molar-refractivity contribution in [1.29, 1.82) is 0 Å². The Labute approximate surface area is 100 Å². The highest BCUT2D eigenvalue weighted by molar-refractivity contribution is 9.10. The van der Waals surface area contributed by atoms with E-state index in [4.69, 9.17) is 10.5 Å². The van der Waals surface area contributed by atoms with E-state index in [9.17, 15) is 4.39 Å². The predicted molar refractivity (Wildman–Crippen MR) is 62.8 cm³/mol. The van der Waals surface area contributed by atoms with Crippen LogP contribution in [0, 0.1) is 5.82 Å². The van der Waals surface area contributed by atoms with Crippen LogP contribution in [0.25, 0.3) is 0 Å². The van der Waals surface area contributed by atoms with Gasteiger partial charge in [-0.05, 0) is 40.2 Å². The fourth-order valence-corrected chi connectivity index (χ4v) is 1.50. The van der Waals surface area contributed by atoms with Gasteiger partial charge in [-0.2, -0.15) is 0 Å². The minimum absolute atomic E-state index is 0.234. The zero-order valence-corrected chi connectivity index (χ0v) is 9.74. The lowest BCUT2D eigenvalue weighted by molar-refractivity contribution is 0.460. The fraction of sp³-hybridized carbons (Fsp3) is 0. The lowest BCUT2D eigenvalue weighted by Gasteiger charge is -2.08. The van der Waals surface area contributed by atoms with Gasteiger partial charge < -0.3 is 10.5 Å². The van der Waals surface area contributed by atoms with Gasteiger partial charge >= 0.3 is 0 Å². The van der Waals surface area contributed by atoms with Gasteiger partial charge in [0.15, 0.2) is 5.75 Å². The monoisotopic (exact) mass is 282 g/mol. The fourth-order valence-electron chi connectivity index (χ4n) is 1.16. The summed E-state index contributed by atoms with van der Waals surface area (Å²) < 4.78 is 19.0. The molecule has 1 aromatic heterocycles. The second kappa shape index (κ2) is 4.49. The Bertz CT molecular complexity index is 519. The molecule has 0 spiro atoms. The summed E-state index contributed by atoms with van der Waals surface area (Å²) in [4.78, 5) is 4.02. The van der Waals surface area contributed by atoms with Crippen molar-refractivity contribution in [3.63, 3.8) is 0 Å². The van der Waals surface area contributed by atoms with Crippen LogP contribution in [0.1, 0.15) is 0 Å². The van der Waals surface area contributed by atoms with E-state index in [1.165, 1.54) is 18.2 Å². The molecule has 0 radical (unpaired) electrons.